The molecule has 0 aromatic heterocycles. The highest BCUT2D eigenvalue weighted by atomic mass is 35.7. The van der Waals surface area contributed by atoms with Crippen LogP contribution < -0.4 is 5.32 Å². The van der Waals surface area contributed by atoms with Crippen LogP contribution >= 0.6 is 10.7 Å². The van der Waals surface area contributed by atoms with E-state index in [1.165, 1.54) is 11.4 Å². The number of alkyl halides is 4. The number of rotatable bonds is 3. The average Bonchev–Trinajstić information content (AvgIpc) is 2.24. The van der Waals surface area contributed by atoms with Crippen molar-refractivity contribution in [2.45, 2.75) is 11.2 Å². The molecule has 4 nitrogen and oxygen atoms in total. The number of allylic oxidation sites excluding steroid dienone is 2. The van der Waals surface area contributed by atoms with Gasteiger partial charge in [-0.3, -0.25) is 4.79 Å². The van der Waals surface area contributed by atoms with Crippen molar-refractivity contribution in [2.75, 3.05) is 6.54 Å². The first-order valence-corrected chi connectivity index (χ1v) is 7.13. The van der Waals surface area contributed by atoms with Gasteiger partial charge in [0.15, 0.2) is 0 Å². The summed E-state index contributed by atoms with van der Waals surface area (Å²) in [6.45, 7) is -0.859. The fourth-order valence-corrected chi connectivity index (χ4v) is 2.67. The van der Waals surface area contributed by atoms with Crippen LogP contribution in [0.2, 0.25) is 0 Å². The molecule has 0 aliphatic heterocycles. The Morgan fingerprint density at radius 1 is 1.37 bits per heavy atom. The second kappa shape index (κ2) is 5.12. The van der Waals surface area contributed by atoms with Crippen LogP contribution in [0.25, 0.3) is 0 Å². The van der Waals surface area contributed by atoms with Gasteiger partial charge < -0.3 is 5.32 Å². The molecule has 0 aromatic carbocycles. The molecule has 0 spiro atoms. The Kier molecular flexibility index (Phi) is 4.30. The number of halogens is 5. The monoisotopic (exact) mass is 321 g/mol. The van der Waals surface area contributed by atoms with Crippen molar-refractivity contribution in [3.05, 3.63) is 24.3 Å². The topological polar surface area (TPSA) is 63.2 Å². The quantitative estimate of drug-likeness (QED) is 0.635. The lowest BCUT2D eigenvalue weighted by atomic mass is 9.98. The molecule has 1 amide bonds. The second-order valence-electron chi connectivity index (χ2n) is 3.69. The van der Waals surface area contributed by atoms with E-state index in [1.54, 1.807) is 0 Å². The lowest BCUT2D eigenvalue weighted by Gasteiger charge is -2.28. The van der Waals surface area contributed by atoms with Gasteiger partial charge in [0.1, 0.15) is 0 Å². The Labute approximate surface area is 110 Å². The highest BCUT2D eigenvalue weighted by Gasteiger charge is 2.49. The fraction of sp³-hybridized carbons (Fsp3) is 0.444. The van der Waals surface area contributed by atoms with E-state index in [0.29, 0.717) is 6.08 Å². The van der Waals surface area contributed by atoms with Crippen molar-refractivity contribution < 1.29 is 30.8 Å². The van der Waals surface area contributed by atoms with E-state index in [0.717, 1.165) is 12.2 Å². The molecule has 19 heavy (non-hydrogen) atoms. The zero-order valence-corrected chi connectivity index (χ0v) is 10.7. The highest BCUT2D eigenvalue weighted by Crippen LogP contribution is 2.36. The van der Waals surface area contributed by atoms with E-state index in [9.17, 15) is 30.8 Å². The Balaban J connectivity index is 2.86. The molecule has 0 radical (unpaired) electrons. The molecule has 1 N–H and O–H groups in total. The van der Waals surface area contributed by atoms with Crippen molar-refractivity contribution in [1.29, 1.82) is 0 Å². The lowest BCUT2D eigenvalue weighted by Crippen LogP contribution is -2.46. The van der Waals surface area contributed by atoms with Crippen LogP contribution in [0.1, 0.15) is 0 Å². The van der Waals surface area contributed by atoms with Crippen LogP contribution in [0.4, 0.5) is 17.6 Å². The Morgan fingerprint density at radius 3 is 2.42 bits per heavy atom. The summed E-state index contributed by atoms with van der Waals surface area (Å²) in [5.41, 5.74) is 0. The minimum absolute atomic E-state index is 0.611. The van der Waals surface area contributed by atoms with Crippen LogP contribution in [-0.2, 0) is 13.8 Å². The van der Waals surface area contributed by atoms with E-state index >= 15 is 0 Å². The molecule has 0 saturated carbocycles. The lowest BCUT2D eigenvalue weighted by molar-refractivity contribution is -0.173. The van der Waals surface area contributed by atoms with E-state index in [4.69, 9.17) is 10.7 Å². The third kappa shape index (κ3) is 3.47. The summed E-state index contributed by atoms with van der Waals surface area (Å²) in [4.78, 5) is 10.6. The zero-order valence-electron chi connectivity index (χ0n) is 9.12. The third-order valence-electron chi connectivity index (χ3n) is 2.40. The largest absolute Gasteiger partial charge is 0.471 e. The maximum Gasteiger partial charge on any atom is 0.471 e. The van der Waals surface area contributed by atoms with Crippen LogP contribution in [0, 0.1) is 5.92 Å². The molecule has 10 heteroatoms. The predicted molar refractivity (Wildman–Crippen MR) is 59.4 cm³/mol. The standard InChI is InChI=1S/C9H8ClF4NO3S/c10-19(17,18)8(11)4-2-1-3-6(8)5-15-7(16)9(12,13)14/h1-4,6H,5H2,(H,15,16). The van der Waals surface area contributed by atoms with Crippen LogP contribution in [0.3, 0.4) is 0 Å². The van der Waals surface area contributed by atoms with Crippen LogP contribution in [-0.4, -0.2) is 32.0 Å². The molecule has 2 atom stereocenters. The predicted octanol–water partition coefficient (Wildman–Crippen LogP) is 1.64. The molecule has 108 valence electrons. The molecule has 0 heterocycles. The van der Waals surface area contributed by atoms with Gasteiger partial charge in [0.2, 0.25) is 0 Å². The minimum atomic E-state index is -5.13. The van der Waals surface area contributed by atoms with Crippen molar-refractivity contribution in [2.24, 2.45) is 5.92 Å². The van der Waals surface area contributed by atoms with Gasteiger partial charge in [-0.05, 0) is 6.08 Å². The normalized spacial score (nSPS) is 27.3. The first kappa shape index (κ1) is 16.0. The van der Waals surface area contributed by atoms with Gasteiger partial charge in [0.05, 0.1) is 0 Å². The van der Waals surface area contributed by atoms with Crippen molar-refractivity contribution in [3.63, 3.8) is 0 Å². The van der Waals surface area contributed by atoms with Gasteiger partial charge in [0.25, 0.3) is 14.1 Å². The van der Waals surface area contributed by atoms with E-state index in [2.05, 4.69) is 0 Å². The summed E-state index contributed by atoms with van der Waals surface area (Å²) in [6, 6.07) is 0. The minimum Gasteiger partial charge on any atom is -0.348 e. The van der Waals surface area contributed by atoms with Gasteiger partial charge >= 0.3 is 12.1 Å². The van der Waals surface area contributed by atoms with E-state index < -0.39 is 38.6 Å². The molecule has 0 aromatic rings. The third-order valence-corrected chi connectivity index (χ3v) is 4.29. The fourth-order valence-electron chi connectivity index (χ4n) is 1.41. The van der Waals surface area contributed by atoms with Gasteiger partial charge in [-0.2, -0.15) is 13.2 Å². The maximum atomic E-state index is 14.2. The molecular formula is C9H8ClF4NO3S. The summed E-state index contributed by atoms with van der Waals surface area (Å²) in [6.07, 6.45) is -1.21. The molecule has 1 aliphatic carbocycles. The summed E-state index contributed by atoms with van der Waals surface area (Å²) < 4.78 is 72.3. The van der Waals surface area contributed by atoms with Crippen molar-refractivity contribution in [3.8, 4) is 0 Å². The molecular weight excluding hydrogens is 314 g/mol. The summed E-state index contributed by atoms with van der Waals surface area (Å²) in [5, 5.41) is -1.66. The zero-order chi connectivity index (χ0) is 14.9. The molecule has 2 unspecified atom stereocenters. The van der Waals surface area contributed by atoms with Gasteiger partial charge in [-0.1, -0.05) is 18.2 Å². The number of carbonyl (C=O) groups excluding carboxylic acids is 1. The number of carbonyl (C=O) groups is 1. The second-order valence-corrected chi connectivity index (χ2v) is 6.41. The Bertz CT molecular complexity index is 528. The number of hydrogen-bond donors (Lipinski definition) is 1. The first-order chi connectivity index (χ1) is 8.48. The summed E-state index contributed by atoms with van der Waals surface area (Å²) in [5.74, 6) is -3.84. The van der Waals surface area contributed by atoms with E-state index in [1.807, 2.05) is 0 Å². The molecule has 0 fully saturated rings. The van der Waals surface area contributed by atoms with Crippen LogP contribution in [0.15, 0.2) is 24.3 Å². The molecule has 0 saturated heterocycles. The van der Waals surface area contributed by atoms with Gasteiger partial charge in [-0.15, -0.1) is 0 Å². The SMILES string of the molecule is O=C(NCC1C=CC=CC1(F)S(=O)(=O)Cl)C(F)(F)F. The maximum absolute atomic E-state index is 14.2. The average molecular weight is 322 g/mol. The summed E-state index contributed by atoms with van der Waals surface area (Å²) >= 11 is 0. The Hall–Kier alpha value is -1.09. The van der Waals surface area contributed by atoms with Gasteiger partial charge in [-0.25, -0.2) is 12.8 Å². The molecule has 1 rings (SSSR count). The van der Waals surface area contributed by atoms with Crippen molar-refractivity contribution in [1.82, 2.24) is 5.32 Å². The molecule has 0 bridgehead atoms. The number of amides is 1. The van der Waals surface area contributed by atoms with Crippen molar-refractivity contribution >= 4 is 25.6 Å². The smallest absolute Gasteiger partial charge is 0.348 e. The summed E-state index contributed by atoms with van der Waals surface area (Å²) in [7, 11) is 0.207. The molecule has 1 aliphatic rings. The Morgan fingerprint density at radius 2 is 1.95 bits per heavy atom. The van der Waals surface area contributed by atoms with E-state index in [-0.39, 0.29) is 0 Å². The first-order valence-electron chi connectivity index (χ1n) is 4.82. The van der Waals surface area contributed by atoms with Crippen LogP contribution in [0.5, 0.6) is 0 Å². The number of hydrogen-bond acceptors (Lipinski definition) is 3. The highest BCUT2D eigenvalue weighted by molar-refractivity contribution is 8.14. The van der Waals surface area contributed by atoms with Gasteiger partial charge in [0, 0.05) is 23.1 Å². The number of nitrogens with one attached hydrogen (secondary N) is 1.